The van der Waals surface area contributed by atoms with Crippen molar-refractivity contribution in [2.24, 2.45) is 0 Å². The summed E-state index contributed by atoms with van der Waals surface area (Å²) < 4.78 is 1.20. The van der Waals surface area contributed by atoms with Gasteiger partial charge < -0.3 is 5.32 Å². The van der Waals surface area contributed by atoms with Crippen molar-refractivity contribution < 1.29 is 0 Å². The van der Waals surface area contributed by atoms with Crippen LogP contribution in [0.2, 0.25) is 0 Å². The van der Waals surface area contributed by atoms with Crippen LogP contribution in [0.1, 0.15) is 23.3 Å². The van der Waals surface area contributed by atoms with Crippen LogP contribution in [-0.2, 0) is 6.54 Å². The van der Waals surface area contributed by atoms with Gasteiger partial charge in [-0.15, -0.1) is 11.3 Å². The first-order chi connectivity index (χ1) is 7.75. The second kappa shape index (κ2) is 5.96. The van der Waals surface area contributed by atoms with Crippen LogP contribution >= 0.6 is 38.6 Å². The fourth-order valence-electron chi connectivity index (χ4n) is 1.53. The average molecular weight is 316 g/mol. The molecule has 0 bridgehead atoms. The summed E-state index contributed by atoms with van der Waals surface area (Å²) in [5, 5.41) is 7.87. The van der Waals surface area contributed by atoms with E-state index in [9.17, 15) is 0 Å². The van der Waals surface area contributed by atoms with Gasteiger partial charge >= 0.3 is 0 Å². The maximum absolute atomic E-state index is 3.50. The quantitative estimate of drug-likeness (QED) is 0.858. The molecule has 86 valence electrons. The lowest BCUT2D eigenvalue weighted by atomic mass is 10.1. The fraction of sp³-hybridized carbons (Fsp3) is 0.333. The molecule has 1 nitrogen and oxygen atoms in total. The highest BCUT2D eigenvalue weighted by Gasteiger charge is 2.05. The molecule has 0 aliphatic carbocycles. The van der Waals surface area contributed by atoms with Gasteiger partial charge in [-0.3, -0.25) is 0 Å². The largest absolute Gasteiger partial charge is 0.311 e. The van der Waals surface area contributed by atoms with Crippen molar-refractivity contribution in [1.29, 1.82) is 0 Å². The molecule has 0 spiro atoms. The smallest absolute Gasteiger partial charge is 0.0701 e. The molecule has 1 atom stereocenters. The van der Waals surface area contributed by atoms with E-state index in [1.165, 1.54) is 14.2 Å². The van der Waals surface area contributed by atoms with Gasteiger partial charge in [0.25, 0.3) is 0 Å². The van der Waals surface area contributed by atoms with Crippen molar-refractivity contribution in [3.05, 3.63) is 43.2 Å². The fourth-order valence-corrected chi connectivity index (χ4v) is 3.77. The molecule has 0 fully saturated rings. The lowest BCUT2D eigenvalue weighted by Crippen LogP contribution is -2.18. The van der Waals surface area contributed by atoms with E-state index in [1.54, 1.807) is 22.7 Å². The van der Waals surface area contributed by atoms with Crippen molar-refractivity contribution in [2.75, 3.05) is 6.54 Å². The average Bonchev–Trinajstić information content (AvgIpc) is 2.89. The summed E-state index contributed by atoms with van der Waals surface area (Å²) in [4.78, 5) is 1.38. The molecular formula is C12H14BrNS2. The van der Waals surface area contributed by atoms with E-state index in [2.05, 4.69) is 57.1 Å². The van der Waals surface area contributed by atoms with Crippen LogP contribution in [0.25, 0.3) is 0 Å². The monoisotopic (exact) mass is 315 g/mol. The Hall–Kier alpha value is -0.160. The predicted octanol–water partition coefficient (Wildman–Crippen LogP) is 4.47. The van der Waals surface area contributed by atoms with Gasteiger partial charge in [0.05, 0.1) is 3.79 Å². The lowest BCUT2D eigenvalue weighted by Gasteiger charge is -2.10. The second-order valence-electron chi connectivity index (χ2n) is 3.79. The van der Waals surface area contributed by atoms with Crippen molar-refractivity contribution in [1.82, 2.24) is 5.32 Å². The summed E-state index contributed by atoms with van der Waals surface area (Å²) in [6.07, 6.45) is 0. The molecule has 0 aliphatic rings. The van der Waals surface area contributed by atoms with E-state index in [4.69, 9.17) is 0 Å². The molecule has 16 heavy (non-hydrogen) atoms. The highest BCUT2D eigenvalue weighted by Crippen LogP contribution is 2.22. The Morgan fingerprint density at radius 3 is 2.88 bits per heavy atom. The molecule has 4 heteroatoms. The molecule has 0 aliphatic heterocycles. The summed E-state index contributed by atoms with van der Waals surface area (Å²) >= 11 is 7.04. The van der Waals surface area contributed by atoms with E-state index >= 15 is 0 Å². The molecule has 1 N–H and O–H groups in total. The van der Waals surface area contributed by atoms with Gasteiger partial charge in [0.15, 0.2) is 0 Å². The Kier molecular flexibility index (Phi) is 4.58. The highest BCUT2D eigenvalue weighted by molar-refractivity contribution is 9.11. The molecule has 0 amide bonds. The van der Waals surface area contributed by atoms with Crippen molar-refractivity contribution in [2.45, 2.75) is 19.4 Å². The number of hydrogen-bond donors (Lipinski definition) is 1. The van der Waals surface area contributed by atoms with Crippen molar-refractivity contribution in [3.63, 3.8) is 0 Å². The topological polar surface area (TPSA) is 12.0 Å². The molecule has 1 unspecified atom stereocenters. The van der Waals surface area contributed by atoms with Gasteiger partial charge in [0.1, 0.15) is 0 Å². The predicted molar refractivity (Wildman–Crippen MR) is 76.5 cm³/mol. The number of thiophene rings is 2. The Balaban J connectivity index is 1.76. The van der Waals surface area contributed by atoms with E-state index in [0.29, 0.717) is 5.92 Å². The zero-order chi connectivity index (χ0) is 11.4. The summed E-state index contributed by atoms with van der Waals surface area (Å²) in [6, 6.07) is 6.47. The zero-order valence-electron chi connectivity index (χ0n) is 9.07. The van der Waals surface area contributed by atoms with Gasteiger partial charge in [-0.05, 0) is 56.4 Å². The number of hydrogen-bond acceptors (Lipinski definition) is 3. The minimum Gasteiger partial charge on any atom is -0.311 e. The van der Waals surface area contributed by atoms with E-state index in [0.717, 1.165) is 13.1 Å². The van der Waals surface area contributed by atoms with Gasteiger partial charge in [0.2, 0.25) is 0 Å². The molecule has 2 aromatic rings. The number of halogens is 1. The summed E-state index contributed by atoms with van der Waals surface area (Å²) in [7, 11) is 0. The van der Waals surface area contributed by atoms with Crippen molar-refractivity contribution in [3.8, 4) is 0 Å². The Bertz CT molecular complexity index is 422. The second-order valence-corrected chi connectivity index (χ2v) is 7.12. The number of rotatable bonds is 5. The SMILES string of the molecule is CC(CNCc1ccc(Br)s1)c1ccsc1. The Morgan fingerprint density at radius 1 is 1.38 bits per heavy atom. The molecule has 0 aromatic carbocycles. The van der Waals surface area contributed by atoms with Crippen LogP contribution in [0.3, 0.4) is 0 Å². The first kappa shape index (κ1) is 12.3. The summed E-state index contributed by atoms with van der Waals surface area (Å²) in [5.41, 5.74) is 1.44. The number of nitrogens with one attached hydrogen (secondary N) is 1. The van der Waals surface area contributed by atoms with Crippen LogP contribution in [-0.4, -0.2) is 6.54 Å². The molecule has 2 rings (SSSR count). The van der Waals surface area contributed by atoms with Crippen LogP contribution in [0.15, 0.2) is 32.7 Å². The van der Waals surface area contributed by atoms with Gasteiger partial charge in [-0.2, -0.15) is 11.3 Å². The van der Waals surface area contributed by atoms with E-state index in [-0.39, 0.29) is 0 Å². The molecule has 0 saturated carbocycles. The van der Waals surface area contributed by atoms with Crippen LogP contribution in [0.5, 0.6) is 0 Å². The van der Waals surface area contributed by atoms with Gasteiger partial charge in [-0.1, -0.05) is 6.92 Å². The molecular weight excluding hydrogens is 302 g/mol. The van der Waals surface area contributed by atoms with E-state index < -0.39 is 0 Å². The molecule has 2 heterocycles. The van der Waals surface area contributed by atoms with Gasteiger partial charge in [0, 0.05) is 18.0 Å². The van der Waals surface area contributed by atoms with Crippen molar-refractivity contribution >= 4 is 38.6 Å². The van der Waals surface area contributed by atoms with Crippen LogP contribution in [0.4, 0.5) is 0 Å². The Morgan fingerprint density at radius 2 is 2.25 bits per heavy atom. The molecule has 2 aromatic heterocycles. The molecule has 0 saturated heterocycles. The normalized spacial score (nSPS) is 12.9. The maximum Gasteiger partial charge on any atom is 0.0701 e. The third-order valence-electron chi connectivity index (χ3n) is 2.49. The van der Waals surface area contributed by atoms with E-state index in [1.807, 2.05) is 0 Å². The third kappa shape index (κ3) is 3.42. The van der Waals surface area contributed by atoms with Gasteiger partial charge in [-0.25, -0.2) is 0 Å². The lowest BCUT2D eigenvalue weighted by molar-refractivity contribution is 0.620. The minimum atomic E-state index is 0.592. The highest BCUT2D eigenvalue weighted by atomic mass is 79.9. The first-order valence-corrected chi connectivity index (χ1v) is 7.78. The minimum absolute atomic E-state index is 0.592. The Labute approximate surface area is 113 Å². The summed E-state index contributed by atoms with van der Waals surface area (Å²) in [5.74, 6) is 0.592. The van der Waals surface area contributed by atoms with Crippen LogP contribution < -0.4 is 5.32 Å². The maximum atomic E-state index is 3.50. The standard InChI is InChI=1S/C12H14BrNS2/c1-9(10-4-5-15-8-10)6-14-7-11-2-3-12(13)16-11/h2-5,8-9,14H,6-7H2,1H3. The first-order valence-electron chi connectivity index (χ1n) is 5.22. The molecule has 0 radical (unpaired) electrons. The summed E-state index contributed by atoms with van der Waals surface area (Å²) in [6.45, 7) is 4.26. The van der Waals surface area contributed by atoms with Crippen LogP contribution in [0, 0.1) is 0 Å². The zero-order valence-corrected chi connectivity index (χ0v) is 12.3. The third-order valence-corrected chi connectivity index (χ3v) is 4.82.